The van der Waals surface area contributed by atoms with Gasteiger partial charge < -0.3 is 4.57 Å². The molecule has 0 amide bonds. The molecule has 3 rings (SSSR count). The zero-order chi connectivity index (χ0) is 17.9. The fourth-order valence-corrected chi connectivity index (χ4v) is 4.11. The molecule has 0 unspecified atom stereocenters. The van der Waals surface area contributed by atoms with E-state index < -0.39 is 10.0 Å². The molecule has 0 radical (unpaired) electrons. The predicted octanol–water partition coefficient (Wildman–Crippen LogP) is 3.97. The molecule has 0 aliphatic rings. The molecule has 0 aliphatic heterocycles. The Morgan fingerprint density at radius 1 is 1.20 bits per heavy atom. The first-order valence-electron chi connectivity index (χ1n) is 8.20. The summed E-state index contributed by atoms with van der Waals surface area (Å²) in [6.07, 6.45) is 5.34. The molecule has 0 atom stereocenters. The highest BCUT2D eigenvalue weighted by Crippen LogP contribution is 2.25. The molecule has 2 aromatic heterocycles. The first-order valence-corrected chi connectivity index (χ1v) is 10.1. The van der Waals surface area contributed by atoms with E-state index in [0.29, 0.717) is 16.1 Å². The van der Waals surface area contributed by atoms with Crippen LogP contribution < -0.4 is 4.72 Å². The summed E-state index contributed by atoms with van der Waals surface area (Å²) in [6.45, 7) is 2.98. The number of hydrogen-bond acceptors (Lipinski definition) is 3. The molecule has 7 heteroatoms. The third-order valence-electron chi connectivity index (χ3n) is 4.05. The Kier molecular flexibility index (Phi) is 5.42. The van der Waals surface area contributed by atoms with Crippen molar-refractivity contribution in [2.45, 2.75) is 37.8 Å². The summed E-state index contributed by atoms with van der Waals surface area (Å²) in [5, 5.41) is 1.17. The standard InChI is InChI=1S/C18H20ClN3O2S/c1-2-3-11-22-13-17(15-8-6-10-20-18(15)22)25(23,24)21-12-14-7-4-5-9-16(14)19/h4-10,13,21H,2-3,11-12H2,1H3. The number of pyridine rings is 1. The van der Waals surface area contributed by atoms with Crippen LogP contribution in [0.4, 0.5) is 0 Å². The van der Waals surface area contributed by atoms with Crippen LogP contribution >= 0.6 is 11.6 Å². The fourth-order valence-electron chi connectivity index (χ4n) is 2.70. The van der Waals surface area contributed by atoms with Crippen LogP contribution in [0.25, 0.3) is 11.0 Å². The molecule has 0 spiro atoms. The Morgan fingerprint density at radius 2 is 2.00 bits per heavy atom. The van der Waals surface area contributed by atoms with Crippen molar-refractivity contribution in [3.05, 3.63) is 59.4 Å². The predicted molar refractivity (Wildman–Crippen MR) is 100 cm³/mol. The lowest BCUT2D eigenvalue weighted by Crippen LogP contribution is -2.23. The molecule has 1 aromatic carbocycles. The van der Waals surface area contributed by atoms with Crippen LogP contribution in [-0.2, 0) is 23.1 Å². The largest absolute Gasteiger partial charge is 0.331 e. The van der Waals surface area contributed by atoms with Crippen molar-refractivity contribution < 1.29 is 8.42 Å². The van der Waals surface area contributed by atoms with Gasteiger partial charge in [-0.1, -0.05) is 43.1 Å². The van der Waals surface area contributed by atoms with Gasteiger partial charge in [-0.25, -0.2) is 18.1 Å². The summed E-state index contributed by atoms with van der Waals surface area (Å²) in [6, 6.07) is 10.7. The minimum atomic E-state index is -3.68. The molecule has 5 nitrogen and oxygen atoms in total. The van der Waals surface area contributed by atoms with Crippen molar-refractivity contribution in [1.29, 1.82) is 0 Å². The van der Waals surface area contributed by atoms with Crippen molar-refractivity contribution in [2.75, 3.05) is 0 Å². The number of sulfonamides is 1. The van der Waals surface area contributed by atoms with Crippen molar-refractivity contribution in [1.82, 2.24) is 14.3 Å². The lowest BCUT2D eigenvalue weighted by Gasteiger charge is -2.07. The van der Waals surface area contributed by atoms with Crippen LogP contribution in [0.1, 0.15) is 25.3 Å². The molecule has 132 valence electrons. The SMILES string of the molecule is CCCCn1cc(S(=O)(=O)NCc2ccccc2Cl)c2cccnc21. The Labute approximate surface area is 152 Å². The monoisotopic (exact) mass is 377 g/mol. The number of fused-ring (bicyclic) bond motifs is 1. The topological polar surface area (TPSA) is 64.0 Å². The van der Waals surface area contributed by atoms with E-state index in [1.807, 2.05) is 16.7 Å². The smallest absolute Gasteiger partial charge is 0.243 e. The maximum Gasteiger partial charge on any atom is 0.243 e. The van der Waals surface area contributed by atoms with Crippen molar-refractivity contribution >= 4 is 32.7 Å². The lowest BCUT2D eigenvalue weighted by atomic mass is 10.2. The molecular weight excluding hydrogens is 358 g/mol. The molecule has 3 aromatic rings. The van der Waals surface area contributed by atoms with E-state index in [0.717, 1.165) is 24.9 Å². The van der Waals surface area contributed by atoms with Gasteiger partial charge in [-0.15, -0.1) is 0 Å². The van der Waals surface area contributed by atoms with E-state index >= 15 is 0 Å². The summed E-state index contributed by atoms with van der Waals surface area (Å²) < 4.78 is 30.2. The first kappa shape index (κ1) is 17.9. The Balaban J connectivity index is 1.93. The number of aryl methyl sites for hydroxylation is 1. The quantitative estimate of drug-likeness (QED) is 0.677. The molecule has 2 heterocycles. The summed E-state index contributed by atoms with van der Waals surface area (Å²) in [4.78, 5) is 4.60. The minimum absolute atomic E-state index is 0.143. The zero-order valence-corrected chi connectivity index (χ0v) is 15.5. The van der Waals surface area contributed by atoms with Gasteiger partial charge in [-0.05, 0) is 30.2 Å². The molecule has 0 fully saturated rings. The Morgan fingerprint density at radius 3 is 2.76 bits per heavy atom. The molecule has 0 bridgehead atoms. The van der Waals surface area contributed by atoms with Gasteiger partial charge in [0.05, 0.1) is 0 Å². The van der Waals surface area contributed by atoms with Crippen LogP contribution in [0.15, 0.2) is 53.7 Å². The molecule has 25 heavy (non-hydrogen) atoms. The van der Waals surface area contributed by atoms with Gasteiger partial charge in [-0.3, -0.25) is 0 Å². The number of unbranched alkanes of at least 4 members (excludes halogenated alkanes) is 1. The van der Waals surface area contributed by atoms with E-state index in [4.69, 9.17) is 11.6 Å². The van der Waals surface area contributed by atoms with Crippen molar-refractivity contribution in [3.63, 3.8) is 0 Å². The Hall–Kier alpha value is -1.89. The van der Waals surface area contributed by atoms with Crippen molar-refractivity contribution in [3.8, 4) is 0 Å². The van der Waals surface area contributed by atoms with E-state index in [1.165, 1.54) is 0 Å². The molecule has 0 saturated heterocycles. The van der Waals surface area contributed by atoms with Gasteiger partial charge in [0.1, 0.15) is 10.5 Å². The summed E-state index contributed by atoms with van der Waals surface area (Å²) in [5.74, 6) is 0. The van der Waals surface area contributed by atoms with Crippen LogP contribution in [0, 0.1) is 0 Å². The van der Waals surface area contributed by atoms with Crippen molar-refractivity contribution in [2.24, 2.45) is 0 Å². The van der Waals surface area contributed by atoms with Gasteiger partial charge >= 0.3 is 0 Å². The van der Waals surface area contributed by atoms with E-state index in [9.17, 15) is 8.42 Å². The number of hydrogen-bond donors (Lipinski definition) is 1. The fraction of sp³-hybridized carbons (Fsp3) is 0.278. The number of rotatable bonds is 7. The third-order valence-corrected chi connectivity index (χ3v) is 5.85. The van der Waals surface area contributed by atoms with E-state index in [1.54, 1.807) is 36.7 Å². The third kappa shape index (κ3) is 3.86. The summed E-state index contributed by atoms with van der Waals surface area (Å²) in [7, 11) is -3.68. The second kappa shape index (κ2) is 7.56. The number of aromatic nitrogens is 2. The number of nitrogens with one attached hydrogen (secondary N) is 1. The van der Waals surface area contributed by atoms with Gasteiger partial charge in [0.2, 0.25) is 10.0 Å². The molecular formula is C18H20ClN3O2S. The minimum Gasteiger partial charge on any atom is -0.331 e. The average molecular weight is 378 g/mol. The van der Waals surface area contributed by atoms with Gasteiger partial charge in [-0.2, -0.15) is 0 Å². The number of halogens is 1. The van der Waals surface area contributed by atoms with Gasteiger partial charge in [0.25, 0.3) is 0 Å². The van der Waals surface area contributed by atoms with Gasteiger partial charge in [0, 0.05) is 35.9 Å². The normalized spacial score (nSPS) is 11.9. The highest BCUT2D eigenvalue weighted by Gasteiger charge is 2.21. The lowest BCUT2D eigenvalue weighted by molar-refractivity contribution is 0.580. The van der Waals surface area contributed by atoms with E-state index in [-0.39, 0.29) is 11.4 Å². The highest BCUT2D eigenvalue weighted by atomic mass is 35.5. The van der Waals surface area contributed by atoms with Gasteiger partial charge in [0.15, 0.2) is 0 Å². The second-order valence-corrected chi connectivity index (χ2v) is 7.97. The zero-order valence-electron chi connectivity index (χ0n) is 13.9. The van der Waals surface area contributed by atoms with Crippen LogP contribution in [0.2, 0.25) is 5.02 Å². The number of nitrogens with zero attached hydrogens (tertiary/aromatic N) is 2. The second-order valence-electron chi connectivity index (χ2n) is 5.83. The molecule has 0 saturated carbocycles. The first-order chi connectivity index (χ1) is 12.0. The highest BCUT2D eigenvalue weighted by molar-refractivity contribution is 7.89. The summed E-state index contributed by atoms with van der Waals surface area (Å²) in [5.41, 5.74) is 1.43. The van der Waals surface area contributed by atoms with Crippen LogP contribution in [-0.4, -0.2) is 18.0 Å². The van der Waals surface area contributed by atoms with E-state index in [2.05, 4.69) is 16.6 Å². The average Bonchev–Trinajstić information content (AvgIpc) is 2.99. The van der Waals surface area contributed by atoms with Crippen LogP contribution in [0.3, 0.4) is 0 Å². The maximum absolute atomic E-state index is 12.8. The summed E-state index contributed by atoms with van der Waals surface area (Å²) >= 11 is 6.11. The van der Waals surface area contributed by atoms with Crippen LogP contribution in [0.5, 0.6) is 0 Å². The maximum atomic E-state index is 12.8. The Bertz CT molecular complexity index is 983. The molecule has 1 N–H and O–H groups in total. The number of benzene rings is 1. The molecule has 0 aliphatic carbocycles.